The van der Waals surface area contributed by atoms with Gasteiger partial charge < -0.3 is 11.1 Å². The van der Waals surface area contributed by atoms with Gasteiger partial charge in [0.25, 0.3) is 6.43 Å². The minimum atomic E-state index is -4.50. The van der Waals surface area contributed by atoms with Crippen molar-refractivity contribution in [2.75, 3.05) is 11.1 Å². The van der Waals surface area contributed by atoms with E-state index in [0.717, 1.165) is 6.92 Å². The Morgan fingerprint density at radius 1 is 1.23 bits per heavy atom. The molecule has 22 heavy (non-hydrogen) atoms. The SMILES string of the molecule is CC(Nc1nc(N)nc(C#CC2(C(F)F)CC2)n1)C(F)(F)F. The highest BCUT2D eigenvalue weighted by Crippen LogP contribution is 2.50. The van der Waals surface area contributed by atoms with Gasteiger partial charge in [-0.1, -0.05) is 5.92 Å². The van der Waals surface area contributed by atoms with Crippen molar-refractivity contribution < 1.29 is 22.0 Å². The Kier molecular flexibility index (Phi) is 4.08. The molecule has 3 N–H and O–H groups in total. The van der Waals surface area contributed by atoms with Gasteiger partial charge in [0.15, 0.2) is 0 Å². The predicted molar refractivity (Wildman–Crippen MR) is 67.9 cm³/mol. The van der Waals surface area contributed by atoms with E-state index in [2.05, 4.69) is 26.8 Å². The fourth-order valence-electron chi connectivity index (χ4n) is 1.50. The Labute approximate surface area is 122 Å². The molecule has 1 aliphatic carbocycles. The summed E-state index contributed by atoms with van der Waals surface area (Å²) >= 11 is 0. The van der Waals surface area contributed by atoms with Crippen LogP contribution in [0.1, 0.15) is 25.6 Å². The van der Waals surface area contributed by atoms with Gasteiger partial charge in [0, 0.05) is 0 Å². The second kappa shape index (κ2) is 5.55. The lowest BCUT2D eigenvalue weighted by Crippen LogP contribution is -2.34. The lowest BCUT2D eigenvalue weighted by molar-refractivity contribution is -0.138. The van der Waals surface area contributed by atoms with E-state index in [0.29, 0.717) is 0 Å². The maximum absolute atomic E-state index is 12.7. The van der Waals surface area contributed by atoms with Crippen molar-refractivity contribution in [3.63, 3.8) is 0 Å². The fraction of sp³-hybridized carbons (Fsp3) is 0.583. The average molecular weight is 321 g/mol. The number of aromatic nitrogens is 3. The number of hydrogen-bond acceptors (Lipinski definition) is 5. The standard InChI is InChI=1S/C12H12F5N5/c1-6(12(15,16)17)19-10-21-7(20-9(18)22-10)2-3-11(4-5-11)8(13)14/h6,8H,4-5H2,1H3,(H3,18,19,20,21,22). The van der Waals surface area contributed by atoms with Crippen LogP contribution in [0.25, 0.3) is 0 Å². The first-order chi connectivity index (χ1) is 10.1. The molecule has 0 aromatic carbocycles. The number of nitrogens with two attached hydrogens (primary N) is 1. The lowest BCUT2D eigenvalue weighted by Gasteiger charge is -2.16. The minimum Gasteiger partial charge on any atom is -0.368 e. The van der Waals surface area contributed by atoms with Gasteiger partial charge in [-0.3, -0.25) is 0 Å². The fourth-order valence-corrected chi connectivity index (χ4v) is 1.50. The molecule has 1 saturated carbocycles. The van der Waals surface area contributed by atoms with E-state index in [1.807, 2.05) is 5.32 Å². The highest BCUT2D eigenvalue weighted by molar-refractivity contribution is 5.38. The zero-order valence-corrected chi connectivity index (χ0v) is 11.4. The van der Waals surface area contributed by atoms with Crippen LogP contribution in [-0.4, -0.2) is 33.6 Å². The largest absolute Gasteiger partial charge is 0.408 e. The van der Waals surface area contributed by atoms with Crippen LogP contribution in [0.4, 0.5) is 33.8 Å². The molecule has 0 radical (unpaired) electrons. The first-order valence-electron chi connectivity index (χ1n) is 6.28. The van der Waals surface area contributed by atoms with Crippen molar-refractivity contribution in [3.8, 4) is 11.8 Å². The van der Waals surface area contributed by atoms with E-state index in [9.17, 15) is 22.0 Å². The summed E-state index contributed by atoms with van der Waals surface area (Å²) < 4.78 is 62.8. The van der Waals surface area contributed by atoms with Crippen LogP contribution < -0.4 is 11.1 Å². The molecule has 1 aromatic heterocycles. The molecule has 0 spiro atoms. The molecule has 120 valence electrons. The van der Waals surface area contributed by atoms with Crippen LogP contribution in [0.2, 0.25) is 0 Å². The second-order valence-electron chi connectivity index (χ2n) is 4.96. The van der Waals surface area contributed by atoms with Crippen LogP contribution in [0, 0.1) is 17.3 Å². The third-order valence-electron chi connectivity index (χ3n) is 3.12. The van der Waals surface area contributed by atoms with Crippen LogP contribution >= 0.6 is 0 Å². The maximum atomic E-state index is 12.7. The number of nitrogens with zero attached hydrogens (tertiary/aromatic N) is 3. The van der Waals surface area contributed by atoms with E-state index in [1.54, 1.807) is 0 Å². The van der Waals surface area contributed by atoms with Crippen molar-refractivity contribution in [1.29, 1.82) is 0 Å². The second-order valence-corrected chi connectivity index (χ2v) is 4.96. The molecule has 10 heteroatoms. The van der Waals surface area contributed by atoms with Crippen LogP contribution in [0.5, 0.6) is 0 Å². The molecule has 1 unspecified atom stereocenters. The van der Waals surface area contributed by atoms with Gasteiger partial charge in [-0.15, -0.1) is 0 Å². The van der Waals surface area contributed by atoms with Gasteiger partial charge in [0.1, 0.15) is 6.04 Å². The Hall–Kier alpha value is -2.18. The summed E-state index contributed by atoms with van der Waals surface area (Å²) in [6.07, 6.45) is -6.58. The van der Waals surface area contributed by atoms with Crippen LogP contribution in [0.15, 0.2) is 0 Å². The Morgan fingerprint density at radius 3 is 2.36 bits per heavy atom. The van der Waals surface area contributed by atoms with E-state index in [4.69, 9.17) is 5.73 Å². The van der Waals surface area contributed by atoms with Gasteiger partial charge in [0.2, 0.25) is 17.7 Å². The average Bonchev–Trinajstić information content (AvgIpc) is 3.15. The van der Waals surface area contributed by atoms with E-state index in [1.165, 1.54) is 0 Å². The predicted octanol–water partition coefficient (Wildman–Crippen LogP) is 2.21. The molecular weight excluding hydrogens is 309 g/mol. The topological polar surface area (TPSA) is 76.7 Å². The minimum absolute atomic E-state index is 0.253. The van der Waals surface area contributed by atoms with Gasteiger partial charge >= 0.3 is 6.18 Å². The number of rotatable bonds is 3. The Bertz CT molecular complexity index is 615. The highest BCUT2D eigenvalue weighted by Gasteiger charge is 2.50. The van der Waals surface area contributed by atoms with Crippen molar-refractivity contribution in [2.24, 2.45) is 5.41 Å². The number of nitrogens with one attached hydrogen (secondary N) is 1. The first-order valence-corrected chi connectivity index (χ1v) is 6.28. The zero-order chi connectivity index (χ0) is 16.5. The number of hydrogen-bond donors (Lipinski definition) is 2. The number of halogens is 5. The van der Waals surface area contributed by atoms with Crippen molar-refractivity contribution in [3.05, 3.63) is 5.82 Å². The van der Waals surface area contributed by atoms with Crippen molar-refractivity contribution in [2.45, 2.75) is 38.4 Å². The molecular formula is C12H12F5N5. The monoisotopic (exact) mass is 321 g/mol. The number of nitrogen functional groups attached to an aromatic ring is 1. The van der Waals surface area contributed by atoms with Crippen LogP contribution in [-0.2, 0) is 0 Å². The van der Waals surface area contributed by atoms with Crippen molar-refractivity contribution >= 4 is 11.9 Å². The summed E-state index contributed by atoms with van der Waals surface area (Å²) in [5, 5.41) is 2.02. The number of alkyl halides is 5. The maximum Gasteiger partial charge on any atom is 0.408 e. The van der Waals surface area contributed by atoms with Gasteiger partial charge in [-0.05, 0) is 25.7 Å². The van der Waals surface area contributed by atoms with E-state index < -0.39 is 30.0 Å². The van der Waals surface area contributed by atoms with Crippen LogP contribution in [0.3, 0.4) is 0 Å². The highest BCUT2D eigenvalue weighted by atomic mass is 19.4. The van der Waals surface area contributed by atoms with E-state index in [-0.39, 0.29) is 24.6 Å². The summed E-state index contributed by atoms with van der Waals surface area (Å²) in [4.78, 5) is 10.8. The first kappa shape index (κ1) is 16.2. The molecule has 1 aliphatic rings. The summed E-state index contributed by atoms with van der Waals surface area (Å²) in [5.41, 5.74) is 3.99. The van der Waals surface area contributed by atoms with Gasteiger partial charge in [-0.2, -0.15) is 28.1 Å². The molecule has 1 atom stereocenters. The quantitative estimate of drug-likeness (QED) is 0.659. The lowest BCUT2D eigenvalue weighted by atomic mass is 10.1. The molecule has 0 amide bonds. The summed E-state index contributed by atoms with van der Waals surface area (Å²) in [5.74, 6) is 3.68. The third kappa shape index (κ3) is 3.72. The Balaban J connectivity index is 2.20. The van der Waals surface area contributed by atoms with Gasteiger partial charge in [-0.25, -0.2) is 8.78 Å². The molecule has 5 nitrogen and oxygen atoms in total. The summed E-state index contributed by atoms with van der Waals surface area (Å²) in [6.45, 7) is 0.876. The van der Waals surface area contributed by atoms with E-state index >= 15 is 0 Å². The van der Waals surface area contributed by atoms with Crippen molar-refractivity contribution in [1.82, 2.24) is 15.0 Å². The molecule has 0 saturated heterocycles. The summed E-state index contributed by atoms with van der Waals surface area (Å²) in [6, 6.07) is -1.91. The molecule has 0 aliphatic heterocycles. The van der Waals surface area contributed by atoms with Gasteiger partial charge in [0.05, 0.1) is 5.41 Å². The zero-order valence-electron chi connectivity index (χ0n) is 11.4. The third-order valence-corrected chi connectivity index (χ3v) is 3.12. The molecule has 1 heterocycles. The normalized spacial score (nSPS) is 17.6. The smallest absolute Gasteiger partial charge is 0.368 e. The number of anilines is 2. The summed E-state index contributed by atoms with van der Waals surface area (Å²) in [7, 11) is 0. The molecule has 0 bridgehead atoms. The molecule has 2 rings (SSSR count). The Morgan fingerprint density at radius 2 is 1.86 bits per heavy atom. The molecule has 1 aromatic rings. The molecule has 1 fully saturated rings.